The van der Waals surface area contributed by atoms with Gasteiger partial charge in [-0.05, 0) is 6.42 Å². The summed E-state index contributed by atoms with van der Waals surface area (Å²) in [7, 11) is 0. The van der Waals surface area contributed by atoms with Crippen molar-refractivity contribution in [3.8, 4) is 0 Å². The lowest BCUT2D eigenvalue weighted by Crippen LogP contribution is -1.79. The van der Waals surface area contributed by atoms with E-state index in [1.165, 1.54) is 0 Å². The molecule has 0 atom stereocenters. The molecule has 0 amide bonds. The van der Waals surface area contributed by atoms with Crippen LogP contribution in [-0.2, 0) is 12.3 Å². The van der Waals surface area contributed by atoms with Crippen LogP contribution >= 0.6 is 11.6 Å². The lowest BCUT2D eigenvalue weighted by molar-refractivity contribution is 0.515. The molecule has 1 aromatic heterocycles. The normalized spacial score (nSPS) is 10.0. The van der Waals surface area contributed by atoms with Gasteiger partial charge in [-0.15, -0.1) is 11.6 Å². The molecule has 0 unspecified atom stereocenters. The van der Waals surface area contributed by atoms with Gasteiger partial charge < -0.3 is 4.42 Å². The van der Waals surface area contributed by atoms with Gasteiger partial charge in [-0.1, -0.05) is 6.92 Å². The maximum absolute atomic E-state index is 5.44. The van der Waals surface area contributed by atoms with E-state index < -0.39 is 0 Å². The van der Waals surface area contributed by atoms with Crippen molar-refractivity contribution in [1.29, 1.82) is 0 Å². The zero-order valence-corrected chi connectivity index (χ0v) is 5.98. The average molecular weight is 146 g/mol. The Morgan fingerprint density at radius 2 is 2.56 bits per heavy atom. The van der Waals surface area contributed by atoms with Crippen molar-refractivity contribution in [3.63, 3.8) is 0 Å². The van der Waals surface area contributed by atoms with Crippen molar-refractivity contribution in [1.82, 2.24) is 4.98 Å². The molecular formula is C6H8ClNO. The number of rotatable bonds is 2. The van der Waals surface area contributed by atoms with Crippen LogP contribution in [-0.4, -0.2) is 4.98 Å². The summed E-state index contributed by atoms with van der Waals surface area (Å²) in [5.74, 6) is 0.966. The smallest absolute Gasteiger partial charge is 0.209 e. The average Bonchev–Trinajstić information content (AvgIpc) is 2.34. The van der Waals surface area contributed by atoms with Crippen LogP contribution in [0.4, 0.5) is 0 Å². The van der Waals surface area contributed by atoms with E-state index in [0.29, 0.717) is 11.8 Å². The third-order valence-electron chi connectivity index (χ3n) is 1.08. The standard InChI is InChI=1S/C6H8ClNO/c1-2-5-4-9-6(3-7)8-5/h4H,2-3H2,1H3. The minimum absolute atomic E-state index is 0.361. The van der Waals surface area contributed by atoms with Crippen LogP contribution in [0.15, 0.2) is 10.7 Å². The fourth-order valence-corrected chi connectivity index (χ4v) is 0.695. The molecule has 0 aromatic carbocycles. The summed E-state index contributed by atoms with van der Waals surface area (Å²) in [5, 5.41) is 0. The van der Waals surface area contributed by atoms with E-state index in [4.69, 9.17) is 16.0 Å². The van der Waals surface area contributed by atoms with Gasteiger partial charge in [-0.3, -0.25) is 0 Å². The molecule has 50 valence electrons. The Balaban J connectivity index is 2.74. The molecule has 0 saturated carbocycles. The number of aryl methyl sites for hydroxylation is 1. The van der Waals surface area contributed by atoms with Gasteiger partial charge in [-0.25, -0.2) is 4.98 Å². The van der Waals surface area contributed by atoms with Crippen molar-refractivity contribution < 1.29 is 4.42 Å². The Kier molecular flexibility index (Phi) is 2.11. The van der Waals surface area contributed by atoms with Crippen molar-refractivity contribution in [2.24, 2.45) is 0 Å². The summed E-state index contributed by atoms with van der Waals surface area (Å²) in [5.41, 5.74) is 0.964. The SMILES string of the molecule is CCc1coc(CCl)n1. The van der Waals surface area contributed by atoms with Gasteiger partial charge in [0.15, 0.2) is 0 Å². The Labute approximate surface area is 58.8 Å². The number of hydrogen-bond acceptors (Lipinski definition) is 2. The van der Waals surface area contributed by atoms with Gasteiger partial charge in [-0.2, -0.15) is 0 Å². The number of aromatic nitrogens is 1. The quantitative estimate of drug-likeness (QED) is 0.595. The summed E-state index contributed by atoms with van der Waals surface area (Å²) in [6.45, 7) is 2.02. The molecule has 0 spiro atoms. The second kappa shape index (κ2) is 2.87. The van der Waals surface area contributed by atoms with Crippen LogP contribution in [0.1, 0.15) is 18.5 Å². The van der Waals surface area contributed by atoms with Crippen LogP contribution in [0, 0.1) is 0 Å². The van der Waals surface area contributed by atoms with Gasteiger partial charge in [0.1, 0.15) is 6.26 Å². The maximum atomic E-state index is 5.44. The molecule has 0 bridgehead atoms. The summed E-state index contributed by atoms with van der Waals surface area (Å²) in [4.78, 5) is 4.05. The molecule has 0 aliphatic carbocycles. The molecule has 0 fully saturated rings. The van der Waals surface area contributed by atoms with Gasteiger partial charge in [0.25, 0.3) is 0 Å². The van der Waals surface area contributed by atoms with E-state index in [9.17, 15) is 0 Å². The van der Waals surface area contributed by atoms with Crippen LogP contribution < -0.4 is 0 Å². The van der Waals surface area contributed by atoms with Crippen LogP contribution in [0.25, 0.3) is 0 Å². The van der Waals surface area contributed by atoms with Gasteiger partial charge in [0.05, 0.1) is 11.6 Å². The van der Waals surface area contributed by atoms with Gasteiger partial charge in [0, 0.05) is 0 Å². The zero-order valence-electron chi connectivity index (χ0n) is 5.22. The van der Waals surface area contributed by atoms with E-state index in [1.807, 2.05) is 6.92 Å². The number of alkyl halides is 1. The lowest BCUT2D eigenvalue weighted by Gasteiger charge is -1.79. The van der Waals surface area contributed by atoms with Crippen LogP contribution in [0.2, 0.25) is 0 Å². The summed E-state index contributed by atoms with van der Waals surface area (Å²) in [6.07, 6.45) is 2.54. The van der Waals surface area contributed by atoms with E-state index in [1.54, 1.807) is 6.26 Å². The lowest BCUT2D eigenvalue weighted by atomic mass is 10.4. The second-order valence-electron chi connectivity index (χ2n) is 1.72. The predicted octanol–water partition coefficient (Wildman–Crippen LogP) is 1.98. The molecule has 0 saturated heterocycles. The van der Waals surface area contributed by atoms with E-state index in [-0.39, 0.29) is 0 Å². The highest BCUT2D eigenvalue weighted by atomic mass is 35.5. The van der Waals surface area contributed by atoms with Crippen molar-refractivity contribution in [2.75, 3.05) is 0 Å². The minimum atomic E-state index is 0.361. The van der Waals surface area contributed by atoms with E-state index in [0.717, 1.165) is 12.1 Å². The number of halogens is 1. The molecule has 1 aromatic rings. The number of nitrogens with zero attached hydrogens (tertiary/aromatic N) is 1. The van der Waals surface area contributed by atoms with E-state index >= 15 is 0 Å². The zero-order chi connectivity index (χ0) is 6.69. The molecule has 3 heteroatoms. The molecule has 0 aliphatic heterocycles. The summed E-state index contributed by atoms with van der Waals surface area (Å²) in [6, 6.07) is 0. The molecule has 1 heterocycles. The molecule has 2 nitrogen and oxygen atoms in total. The minimum Gasteiger partial charge on any atom is -0.447 e. The molecule has 0 N–H and O–H groups in total. The van der Waals surface area contributed by atoms with Gasteiger partial charge >= 0.3 is 0 Å². The third-order valence-corrected chi connectivity index (χ3v) is 1.30. The summed E-state index contributed by atoms with van der Waals surface area (Å²) < 4.78 is 4.96. The van der Waals surface area contributed by atoms with Crippen molar-refractivity contribution in [2.45, 2.75) is 19.2 Å². The first-order valence-corrected chi connectivity index (χ1v) is 3.39. The first-order chi connectivity index (χ1) is 4.36. The molecule has 0 radical (unpaired) electrons. The maximum Gasteiger partial charge on any atom is 0.209 e. The Bertz CT molecular complexity index is 166. The largest absolute Gasteiger partial charge is 0.447 e. The van der Waals surface area contributed by atoms with Crippen molar-refractivity contribution in [3.05, 3.63) is 17.8 Å². The Hall–Kier alpha value is -0.500. The predicted molar refractivity (Wildman–Crippen MR) is 35.4 cm³/mol. The Morgan fingerprint density at radius 3 is 2.89 bits per heavy atom. The highest BCUT2D eigenvalue weighted by Gasteiger charge is 1.97. The Morgan fingerprint density at radius 1 is 1.78 bits per heavy atom. The third kappa shape index (κ3) is 1.45. The van der Waals surface area contributed by atoms with Gasteiger partial charge in [0.2, 0.25) is 5.89 Å². The van der Waals surface area contributed by atoms with Crippen LogP contribution in [0.3, 0.4) is 0 Å². The van der Waals surface area contributed by atoms with E-state index in [2.05, 4.69) is 4.98 Å². The molecule has 9 heavy (non-hydrogen) atoms. The fraction of sp³-hybridized carbons (Fsp3) is 0.500. The van der Waals surface area contributed by atoms with Crippen LogP contribution in [0.5, 0.6) is 0 Å². The molecule has 0 aliphatic rings. The highest BCUT2D eigenvalue weighted by molar-refractivity contribution is 6.16. The first kappa shape index (κ1) is 6.62. The topological polar surface area (TPSA) is 26.0 Å². The monoisotopic (exact) mass is 145 g/mol. The van der Waals surface area contributed by atoms with Crippen molar-refractivity contribution >= 4 is 11.6 Å². The first-order valence-electron chi connectivity index (χ1n) is 2.86. The molecule has 1 rings (SSSR count). The summed E-state index contributed by atoms with van der Waals surface area (Å²) >= 11 is 5.44. The number of oxazole rings is 1. The number of hydrogen-bond donors (Lipinski definition) is 0. The fourth-order valence-electron chi connectivity index (χ4n) is 0.573. The molecular weight excluding hydrogens is 138 g/mol. The highest BCUT2D eigenvalue weighted by Crippen LogP contribution is 2.04. The second-order valence-corrected chi connectivity index (χ2v) is 1.99.